The fourth-order valence-electron chi connectivity index (χ4n) is 2.50. The van der Waals surface area contributed by atoms with E-state index in [2.05, 4.69) is 20.3 Å². The Labute approximate surface area is 161 Å². The van der Waals surface area contributed by atoms with Crippen LogP contribution in [0.15, 0.2) is 48.8 Å². The van der Waals surface area contributed by atoms with Crippen LogP contribution in [0.25, 0.3) is 0 Å². The summed E-state index contributed by atoms with van der Waals surface area (Å²) in [5.41, 5.74) is 0.929. The summed E-state index contributed by atoms with van der Waals surface area (Å²) in [6.07, 6.45) is 3.54. The molecule has 6 nitrogen and oxygen atoms in total. The number of nitrogens with zero attached hydrogens (tertiary/aromatic N) is 2. The number of hydrogen-bond acceptors (Lipinski definition) is 5. The number of ether oxygens (including phenoxy) is 1. The summed E-state index contributed by atoms with van der Waals surface area (Å²) in [6, 6.07) is 10.8. The van der Waals surface area contributed by atoms with Crippen molar-refractivity contribution in [1.82, 2.24) is 15.0 Å². The predicted molar refractivity (Wildman–Crippen MR) is 102 cm³/mol. The number of rotatable bonds is 8. The van der Waals surface area contributed by atoms with Gasteiger partial charge in [-0.3, -0.25) is 0 Å². The Balaban J connectivity index is 1.81. The van der Waals surface area contributed by atoms with Crippen molar-refractivity contribution in [2.75, 3.05) is 18.5 Å². The van der Waals surface area contributed by atoms with Gasteiger partial charge < -0.3 is 20.1 Å². The predicted octanol–water partition coefficient (Wildman–Crippen LogP) is 3.88. The second-order valence-corrected chi connectivity index (χ2v) is 6.45. The molecule has 3 N–H and O–H groups in total. The molecule has 0 spiro atoms. The molecule has 0 fully saturated rings. The molecule has 1 unspecified atom stereocenters. The zero-order valence-corrected chi connectivity index (χ0v) is 15.3. The topological polar surface area (TPSA) is 83.1 Å². The van der Waals surface area contributed by atoms with E-state index in [0.717, 1.165) is 5.56 Å². The third-order valence-electron chi connectivity index (χ3n) is 3.57. The van der Waals surface area contributed by atoms with Crippen molar-refractivity contribution >= 4 is 29.0 Å². The summed E-state index contributed by atoms with van der Waals surface area (Å²) in [5, 5.41) is 13.1. The van der Waals surface area contributed by atoms with E-state index in [1.54, 1.807) is 30.6 Å². The van der Waals surface area contributed by atoms with Gasteiger partial charge in [0.1, 0.15) is 11.6 Å². The first kappa shape index (κ1) is 18.5. The van der Waals surface area contributed by atoms with Crippen LogP contribution in [0.4, 0.5) is 5.82 Å². The van der Waals surface area contributed by atoms with Gasteiger partial charge in [-0.25, -0.2) is 4.98 Å². The summed E-state index contributed by atoms with van der Waals surface area (Å²) in [4.78, 5) is 11.8. The first-order valence-electron chi connectivity index (χ1n) is 8.07. The molecule has 0 amide bonds. The first-order valence-corrected chi connectivity index (χ1v) is 8.82. The van der Waals surface area contributed by atoms with Crippen molar-refractivity contribution in [1.29, 1.82) is 0 Å². The van der Waals surface area contributed by atoms with Crippen molar-refractivity contribution in [2.24, 2.45) is 0 Å². The standard InChI is InChI=1S/C18H18Cl2N4O2/c19-13-8-12(9-14(20)11-13)10-15(18-22-4-5-23-18)26-17-3-1-2-16(24-17)21-6-7-25/h1-5,8-9,11,15,25H,6-7,10H2,(H,21,24)(H,22,23). The fourth-order valence-corrected chi connectivity index (χ4v) is 3.07. The van der Waals surface area contributed by atoms with Crippen LogP contribution in [0.3, 0.4) is 0 Å². The smallest absolute Gasteiger partial charge is 0.215 e. The normalized spacial score (nSPS) is 12.0. The molecule has 0 saturated carbocycles. The van der Waals surface area contributed by atoms with Crippen molar-refractivity contribution in [3.8, 4) is 5.88 Å². The molecule has 1 atom stereocenters. The number of benzene rings is 1. The Kier molecular flexibility index (Phi) is 6.33. The molecule has 2 aromatic heterocycles. The van der Waals surface area contributed by atoms with Gasteiger partial charge in [0.15, 0.2) is 6.10 Å². The van der Waals surface area contributed by atoms with Crippen molar-refractivity contribution < 1.29 is 9.84 Å². The van der Waals surface area contributed by atoms with Gasteiger partial charge in [0.05, 0.1) is 6.61 Å². The highest BCUT2D eigenvalue weighted by atomic mass is 35.5. The van der Waals surface area contributed by atoms with E-state index >= 15 is 0 Å². The maximum Gasteiger partial charge on any atom is 0.215 e. The molecule has 0 bridgehead atoms. The second kappa shape index (κ2) is 8.89. The lowest BCUT2D eigenvalue weighted by molar-refractivity contribution is 0.189. The third-order valence-corrected chi connectivity index (χ3v) is 4.01. The number of aliphatic hydroxyl groups is 1. The van der Waals surface area contributed by atoms with Crippen LogP contribution in [0.1, 0.15) is 17.5 Å². The quantitative estimate of drug-likeness (QED) is 0.541. The number of aliphatic hydroxyl groups excluding tert-OH is 1. The summed E-state index contributed by atoms with van der Waals surface area (Å²) < 4.78 is 6.07. The lowest BCUT2D eigenvalue weighted by Gasteiger charge is -2.17. The monoisotopic (exact) mass is 392 g/mol. The molecule has 2 heterocycles. The van der Waals surface area contributed by atoms with E-state index in [9.17, 15) is 0 Å². The minimum atomic E-state index is -0.389. The SMILES string of the molecule is OCCNc1cccc(OC(Cc2cc(Cl)cc(Cl)c2)c2ncc[nH]2)n1. The Morgan fingerprint density at radius 2 is 2.00 bits per heavy atom. The van der Waals surface area contributed by atoms with Crippen LogP contribution in [0.2, 0.25) is 10.0 Å². The summed E-state index contributed by atoms with van der Waals surface area (Å²) in [6.45, 7) is 0.441. The van der Waals surface area contributed by atoms with E-state index in [0.29, 0.717) is 40.5 Å². The molecule has 1 aromatic carbocycles. The van der Waals surface area contributed by atoms with Crippen LogP contribution in [0, 0.1) is 0 Å². The molecule has 0 saturated heterocycles. The van der Waals surface area contributed by atoms with E-state index in [1.165, 1.54) is 0 Å². The molecule has 3 aromatic rings. The molecule has 26 heavy (non-hydrogen) atoms. The Morgan fingerprint density at radius 1 is 1.19 bits per heavy atom. The van der Waals surface area contributed by atoms with Gasteiger partial charge in [-0.05, 0) is 29.8 Å². The van der Waals surface area contributed by atoms with Gasteiger partial charge in [-0.2, -0.15) is 4.98 Å². The number of nitrogens with one attached hydrogen (secondary N) is 2. The Hall–Kier alpha value is -2.28. The number of aromatic nitrogens is 3. The molecule has 8 heteroatoms. The van der Waals surface area contributed by atoms with Gasteiger partial charge in [-0.15, -0.1) is 0 Å². The van der Waals surface area contributed by atoms with Gasteiger partial charge in [0, 0.05) is 41.5 Å². The Morgan fingerprint density at radius 3 is 2.69 bits per heavy atom. The highest BCUT2D eigenvalue weighted by molar-refractivity contribution is 6.34. The highest BCUT2D eigenvalue weighted by Gasteiger charge is 2.18. The van der Waals surface area contributed by atoms with Crippen molar-refractivity contribution in [3.05, 3.63) is 70.2 Å². The summed E-state index contributed by atoms with van der Waals surface area (Å²) in [7, 11) is 0. The number of aromatic amines is 1. The number of imidazole rings is 1. The maximum absolute atomic E-state index is 8.92. The van der Waals surface area contributed by atoms with Gasteiger partial charge in [-0.1, -0.05) is 29.3 Å². The number of halogens is 2. The average Bonchev–Trinajstić information content (AvgIpc) is 3.13. The maximum atomic E-state index is 8.92. The number of anilines is 1. The van der Waals surface area contributed by atoms with Crippen LogP contribution >= 0.6 is 23.2 Å². The molecule has 136 valence electrons. The van der Waals surface area contributed by atoms with E-state index in [4.69, 9.17) is 33.0 Å². The fraction of sp³-hybridized carbons (Fsp3) is 0.222. The lowest BCUT2D eigenvalue weighted by atomic mass is 10.1. The second-order valence-electron chi connectivity index (χ2n) is 5.57. The zero-order chi connectivity index (χ0) is 18.4. The van der Waals surface area contributed by atoms with Crippen LogP contribution in [-0.4, -0.2) is 33.2 Å². The molecule has 3 rings (SSSR count). The van der Waals surface area contributed by atoms with E-state index < -0.39 is 0 Å². The molecule has 0 aliphatic rings. The molecule has 0 radical (unpaired) electrons. The molecular formula is C18H18Cl2N4O2. The van der Waals surface area contributed by atoms with Crippen LogP contribution < -0.4 is 10.1 Å². The molecule has 0 aliphatic carbocycles. The van der Waals surface area contributed by atoms with E-state index in [1.807, 2.05) is 18.2 Å². The van der Waals surface area contributed by atoms with Gasteiger partial charge in [0.2, 0.25) is 5.88 Å². The zero-order valence-electron chi connectivity index (χ0n) is 13.8. The molecule has 0 aliphatic heterocycles. The minimum Gasteiger partial charge on any atom is -0.466 e. The highest BCUT2D eigenvalue weighted by Crippen LogP contribution is 2.26. The molecular weight excluding hydrogens is 375 g/mol. The first-order chi connectivity index (χ1) is 12.6. The van der Waals surface area contributed by atoms with Crippen LogP contribution in [0.5, 0.6) is 5.88 Å². The Bertz CT molecular complexity index is 823. The van der Waals surface area contributed by atoms with Crippen molar-refractivity contribution in [2.45, 2.75) is 12.5 Å². The largest absolute Gasteiger partial charge is 0.466 e. The number of pyridine rings is 1. The van der Waals surface area contributed by atoms with E-state index in [-0.39, 0.29) is 12.7 Å². The van der Waals surface area contributed by atoms with Crippen LogP contribution in [-0.2, 0) is 6.42 Å². The minimum absolute atomic E-state index is 0.0251. The summed E-state index contributed by atoms with van der Waals surface area (Å²) >= 11 is 12.2. The third kappa shape index (κ3) is 5.11. The lowest BCUT2D eigenvalue weighted by Crippen LogP contribution is -2.14. The van der Waals surface area contributed by atoms with Crippen molar-refractivity contribution in [3.63, 3.8) is 0 Å². The summed E-state index contributed by atoms with van der Waals surface area (Å²) in [5.74, 6) is 1.75. The average molecular weight is 393 g/mol. The van der Waals surface area contributed by atoms with Gasteiger partial charge in [0.25, 0.3) is 0 Å². The number of H-pyrrole nitrogens is 1. The van der Waals surface area contributed by atoms with Gasteiger partial charge >= 0.3 is 0 Å². The number of hydrogen-bond donors (Lipinski definition) is 3.